The Balaban J connectivity index is 1.63. The summed E-state index contributed by atoms with van der Waals surface area (Å²) in [5.41, 5.74) is 2.55. The molecule has 3 rings (SSSR count). The molecule has 1 aliphatic heterocycles. The Morgan fingerprint density at radius 1 is 1.28 bits per heavy atom. The molecule has 1 aromatic carbocycles. The molecule has 134 valence electrons. The summed E-state index contributed by atoms with van der Waals surface area (Å²) in [5.74, 6) is -1.12. The van der Waals surface area contributed by atoms with Crippen LogP contribution in [0.4, 0.5) is 5.69 Å². The number of fused-ring (bicyclic) bond motifs is 1. The first-order valence-electron chi connectivity index (χ1n) is 8.77. The number of likely N-dealkylation sites (tertiary alicyclic amines) is 1. The first kappa shape index (κ1) is 17.5. The Hall–Kier alpha value is -2.34. The van der Waals surface area contributed by atoms with Gasteiger partial charge in [-0.2, -0.15) is 0 Å². The molecule has 1 aliphatic rings. The van der Waals surface area contributed by atoms with Gasteiger partial charge in [0.25, 0.3) is 0 Å². The number of carbonyl (C=O) groups is 2. The largest absolute Gasteiger partial charge is 0.396 e. The third-order valence-electron chi connectivity index (χ3n) is 5.40. The number of aromatic amines is 1. The maximum atomic E-state index is 12.4. The van der Waals surface area contributed by atoms with Crippen LogP contribution in [0.15, 0.2) is 24.3 Å². The summed E-state index contributed by atoms with van der Waals surface area (Å²) in [6, 6.07) is 7.53. The highest BCUT2D eigenvalue weighted by Gasteiger charge is 2.35. The lowest BCUT2D eigenvalue weighted by Gasteiger charge is -2.39. The van der Waals surface area contributed by atoms with E-state index in [1.54, 1.807) is 11.0 Å². The number of benzene rings is 1. The molecule has 0 radical (unpaired) electrons. The summed E-state index contributed by atoms with van der Waals surface area (Å²) in [7, 11) is 0. The van der Waals surface area contributed by atoms with Gasteiger partial charge in [0.1, 0.15) is 0 Å². The third-order valence-corrected chi connectivity index (χ3v) is 5.40. The van der Waals surface area contributed by atoms with Crippen LogP contribution in [-0.4, -0.2) is 46.5 Å². The molecule has 0 unspecified atom stereocenters. The number of piperidine rings is 1. The summed E-state index contributed by atoms with van der Waals surface area (Å²) >= 11 is 0. The average molecular weight is 343 g/mol. The number of nitrogens with one attached hydrogen (secondary N) is 2. The van der Waals surface area contributed by atoms with E-state index in [2.05, 4.69) is 17.2 Å². The summed E-state index contributed by atoms with van der Waals surface area (Å²) < 4.78 is 0. The van der Waals surface area contributed by atoms with Gasteiger partial charge in [0.15, 0.2) is 0 Å². The molecule has 0 aliphatic carbocycles. The summed E-state index contributed by atoms with van der Waals surface area (Å²) in [6.07, 6.45) is 2.34. The number of aliphatic hydroxyl groups excluding tert-OH is 1. The minimum atomic E-state index is -0.611. The van der Waals surface area contributed by atoms with Crippen molar-refractivity contribution >= 4 is 28.4 Å². The second-order valence-electron chi connectivity index (χ2n) is 7.01. The second kappa shape index (κ2) is 6.88. The van der Waals surface area contributed by atoms with E-state index in [1.165, 1.54) is 0 Å². The second-order valence-corrected chi connectivity index (χ2v) is 7.01. The molecule has 1 fully saturated rings. The summed E-state index contributed by atoms with van der Waals surface area (Å²) in [6.45, 7) is 5.18. The Morgan fingerprint density at radius 3 is 2.64 bits per heavy atom. The van der Waals surface area contributed by atoms with Gasteiger partial charge in [-0.25, -0.2) is 0 Å². The van der Waals surface area contributed by atoms with Gasteiger partial charge in [0, 0.05) is 42.0 Å². The lowest BCUT2D eigenvalue weighted by Crippen LogP contribution is -2.48. The predicted octanol–water partition coefficient (Wildman–Crippen LogP) is 2.43. The zero-order valence-electron chi connectivity index (χ0n) is 14.8. The number of aliphatic hydroxyl groups is 1. The fourth-order valence-electron chi connectivity index (χ4n) is 3.49. The van der Waals surface area contributed by atoms with E-state index in [0.29, 0.717) is 18.8 Å². The molecule has 6 heteroatoms. The smallest absolute Gasteiger partial charge is 0.313 e. The van der Waals surface area contributed by atoms with Crippen LogP contribution in [0.25, 0.3) is 10.9 Å². The third kappa shape index (κ3) is 3.54. The standard InChI is InChI=1S/C19H25N3O3/c1-3-19(12-23)6-8-22(9-7-19)18(25)17(24)21-15-4-5-16-14(11-15)10-13(2)20-16/h4-5,10-11,20,23H,3,6-9,12H2,1-2H3,(H,21,24). The molecule has 1 saturated heterocycles. The van der Waals surface area contributed by atoms with Gasteiger partial charge in [-0.05, 0) is 55.9 Å². The van der Waals surface area contributed by atoms with Crippen molar-refractivity contribution in [3.05, 3.63) is 30.0 Å². The van der Waals surface area contributed by atoms with Crippen LogP contribution in [0.5, 0.6) is 0 Å². The van der Waals surface area contributed by atoms with Crippen molar-refractivity contribution in [1.29, 1.82) is 0 Å². The fraction of sp³-hybridized carbons (Fsp3) is 0.474. The number of carbonyl (C=O) groups excluding carboxylic acids is 2. The van der Waals surface area contributed by atoms with Gasteiger partial charge >= 0.3 is 11.8 Å². The van der Waals surface area contributed by atoms with Crippen molar-refractivity contribution < 1.29 is 14.7 Å². The van der Waals surface area contributed by atoms with Gasteiger partial charge < -0.3 is 20.3 Å². The molecular formula is C19H25N3O3. The Morgan fingerprint density at radius 2 is 2.00 bits per heavy atom. The first-order valence-corrected chi connectivity index (χ1v) is 8.77. The molecule has 3 N–H and O–H groups in total. The maximum absolute atomic E-state index is 12.4. The number of amides is 2. The normalized spacial score (nSPS) is 16.8. The zero-order valence-corrected chi connectivity index (χ0v) is 14.8. The maximum Gasteiger partial charge on any atom is 0.313 e. The number of hydrogen-bond donors (Lipinski definition) is 3. The fourth-order valence-corrected chi connectivity index (χ4v) is 3.49. The SMILES string of the molecule is CCC1(CO)CCN(C(=O)C(=O)Nc2ccc3[nH]c(C)cc3c2)CC1. The van der Waals surface area contributed by atoms with Gasteiger partial charge in [-0.3, -0.25) is 9.59 Å². The average Bonchev–Trinajstić information content (AvgIpc) is 3.00. The van der Waals surface area contributed by atoms with Crippen LogP contribution in [0.2, 0.25) is 0 Å². The quantitative estimate of drug-likeness (QED) is 0.748. The van der Waals surface area contributed by atoms with Crippen molar-refractivity contribution in [1.82, 2.24) is 9.88 Å². The van der Waals surface area contributed by atoms with E-state index < -0.39 is 11.8 Å². The van der Waals surface area contributed by atoms with Gasteiger partial charge in [0.2, 0.25) is 0 Å². The van der Waals surface area contributed by atoms with Crippen LogP contribution in [0, 0.1) is 12.3 Å². The van der Waals surface area contributed by atoms with E-state index in [4.69, 9.17) is 0 Å². The number of hydrogen-bond acceptors (Lipinski definition) is 3. The molecule has 0 atom stereocenters. The highest BCUT2D eigenvalue weighted by Crippen LogP contribution is 2.34. The van der Waals surface area contributed by atoms with Crippen LogP contribution in [0.3, 0.4) is 0 Å². The van der Waals surface area contributed by atoms with Crippen molar-refractivity contribution in [2.45, 2.75) is 33.1 Å². The molecule has 2 heterocycles. The van der Waals surface area contributed by atoms with Crippen LogP contribution in [-0.2, 0) is 9.59 Å². The number of anilines is 1. The molecule has 6 nitrogen and oxygen atoms in total. The minimum absolute atomic E-state index is 0.107. The van der Waals surface area contributed by atoms with Crippen molar-refractivity contribution in [2.75, 3.05) is 25.0 Å². The van der Waals surface area contributed by atoms with Crippen molar-refractivity contribution in [3.63, 3.8) is 0 Å². The molecule has 0 spiro atoms. The molecule has 0 bridgehead atoms. The molecule has 25 heavy (non-hydrogen) atoms. The minimum Gasteiger partial charge on any atom is -0.396 e. The highest BCUT2D eigenvalue weighted by atomic mass is 16.3. The van der Waals surface area contributed by atoms with Gasteiger partial charge in [-0.15, -0.1) is 0 Å². The molecule has 0 saturated carbocycles. The Kier molecular flexibility index (Phi) is 4.81. The number of H-pyrrole nitrogens is 1. The monoisotopic (exact) mass is 343 g/mol. The number of aryl methyl sites for hydroxylation is 1. The number of aromatic nitrogens is 1. The molecular weight excluding hydrogens is 318 g/mol. The summed E-state index contributed by atoms with van der Waals surface area (Å²) in [5, 5.41) is 13.3. The van der Waals surface area contributed by atoms with Crippen LogP contribution >= 0.6 is 0 Å². The predicted molar refractivity (Wildman–Crippen MR) is 97.3 cm³/mol. The topological polar surface area (TPSA) is 85.4 Å². The van der Waals surface area contributed by atoms with E-state index in [9.17, 15) is 14.7 Å². The number of nitrogens with zero attached hydrogens (tertiary/aromatic N) is 1. The zero-order chi connectivity index (χ0) is 18.0. The van der Waals surface area contributed by atoms with E-state index >= 15 is 0 Å². The lowest BCUT2D eigenvalue weighted by atomic mass is 9.77. The van der Waals surface area contributed by atoms with Gasteiger partial charge in [-0.1, -0.05) is 6.92 Å². The highest BCUT2D eigenvalue weighted by molar-refractivity contribution is 6.39. The molecule has 2 aromatic rings. The van der Waals surface area contributed by atoms with Crippen molar-refractivity contribution in [3.8, 4) is 0 Å². The lowest BCUT2D eigenvalue weighted by molar-refractivity contribution is -0.145. The number of rotatable bonds is 3. The van der Waals surface area contributed by atoms with Crippen molar-refractivity contribution in [2.24, 2.45) is 5.41 Å². The molecule has 1 aromatic heterocycles. The van der Waals surface area contributed by atoms with Crippen LogP contribution in [0.1, 0.15) is 31.9 Å². The van der Waals surface area contributed by atoms with E-state index in [0.717, 1.165) is 35.9 Å². The van der Waals surface area contributed by atoms with Gasteiger partial charge in [0.05, 0.1) is 0 Å². The first-order chi connectivity index (χ1) is 12.0. The van der Waals surface area contributed by atoms with E-state index in [1.807, 2.05) is 25.1 Å². The Bertz CT molecular complexity index is 782. The Labute approximate surface area is 147 Å². The van der Waals surface area contributed by atoms with Crippen LogP contribution < -0.4 is 5.32 Å². The molecule has 2 amide bonds. The summed E-state index contributed by atoms with van der Waals surface area (Å²) in [4.78, 5) is 29.5. The van der Waals surface area contributed by atoms with E-state index in [-0.39, 0.29) is 12.0 Å².